The molecule has 0 bridgehead atoms. The monoisotopic (exact) mass is 264 g/mol. The summed E-state index contributed by atoms with van der Waals surface area (Å²) in [5.41, 5.74) is 7.93. The normalized spacial score (nSPS) is 12.6. The number of aryl methyl sites for hydroxylation is 1. The van der Waals surface area contributed by atoms with Crippen LogP contribution < -0.4 is 5.73 Å². The van der Waals surface area contributed by atoms with Gasteiger partial charge in [-0.2, -0.15) is 16.7 Å². The van der Waals surface area contributed by atoms with Crippen LogP contribution in [0.1, 0.15) is 23.9 Å². The number of rotatable bonds is 5. The molecule has 0 fully saturated rings. The van der Waals surface area contributed by atoms with Gasteiger partial charge in [0.1, 0.15) is 0 Å². The van der Waals surface area contributed by atoms with Crippen molar-refractivity contribution in [1.29, 1.82) is 0 Å². The molecule has 0 saturated heterocycles. The van der Waals surface area contributed by atoms with Crippen LogP contribution in [0.4, 0.5) is 0 Å². The third kappa shape index (κ3) is 2.88. The Morgan fingerprint density at radius 2 is 2.33 bits per heavy atom. The highest BCUT2D eigenvalue weighted by Crippen LogP contribution is 2.21. The first-order valence-corrected chi connectivity index (χ1v) is 7.11. The Labute approximate surface area is 110 Å². The Kier molecular flexibility index (Phi) is 4.33. The zero-order chi connectivity index (χ0) is 13.0. The Balaban J connectivity index is 2.18. The van der Waals surface area contributed by atoms with Gasteiger partial charge in [-0.25, -0.2) is 0 Å². The van der Waals surface area contributed by atoms with E-state index in [2.05, 4.69) is 15.1 Å². The Bertz CT molecular complexity index is 514. The summed E-state index contributed by atoms with van der Waals surface area (Å²) in [4.78, 5) is 8.41. The Morgan fingerprint density at radius 3 is 3.06 bits per heavy atom. The van der Waals surface area contributed by atoms with Crippen LogP contribution in [0.25, 0.3) is 11.4 Å². The number of pyridine rings is 1. The molecular formula is C12H16N4OS. The highest BCUT2D eigenvalue weighted by molar-refractivity contribution is 7.98. The smallest absolute Gasteiger partial charge is 0.243 e. The van der Waals surface area contributed by atoms with Crippen LogP contribution >= 0.6 is 11.8 Å². The van der Waals surface area contributed by atoms with Crippen molar-refractivity contribution in [3.63, 3.8) is 0 Å². The van der Waals surface area contributed by atoms with E-state index in [-0.39, 0.29) is 6.04 Å². The highest BCUT2D eigenvalue weighted by Gasteiger charge is 2.16. The van der Waals surface area contributed by atoms with Crippen molar-refractivity contribution in [3.8, 4) is 11.4 Å². The van der Waals surface area contributed by atoms with Gasteiger partial charge in [-0.15, -0.1) is 0 Å². The second kappa shape index (κ2) is 5.97. The van der Waals surface area contributed by atoms with Gasteiger partial charge in [0.25, 0.3) is 0 Å². The lowest BCUT2D eigenvalue weighted by Gasteiger charge is -2.03. The van der Waals surface area contributed by atoms with Gasteiger partial charge in [0.15, 0.2) is 0 Å². The standard InChI is InChI=1S/C12H16N4OS/c1-8-3-5-14-7-9(8)11-15-12(17-16-11)10(13)4-6-18-2/h3,5,7,10H,4,6,13H2,1-2H3. The van der Waals surface area contributed by atoms with Gasteiger partial charge in [0, 0.05) is 18.0 Å². The molecule has 0 aliphatic carbocycles. The van der Waals surface area contributed by atoms with Crippen LogP contribution in [0, 0.1) is 6.92 Å². The molecule has 0 amide bonds. The van der Waals surface area contributed by atoms with Crippen LogP contribution in [-0.2, 0) is 0 Å². The average Bonchev–Trinajstić information content (AvgIpc) is 2.86. The summed E-state index contributed by atoms with van der Waals surface area (Å²) in [5, 5.41) is 3.96. The fourth-order valence-corrected chi connectivity index (χ4v) is 2.05. The molecule has 2 N–H and O–H groups in total. The van der Waals surface area contributed by atoms with E-state index in [0.29, 0.717) is 11.7 Å². The summed E-state index contributed by atoms with van der Waals surface area (Å²) < 4.78 is 5.21. The summed E-state index contributed by atoms with van der Waals surface area (Å²) in [6, 6.07) is 1.72. The Hall–Kier alpha value is -1.40. The third-order valence-corrected chi connectivity index (χ3v) is 3.32. The van der Waals surface area contributed by atoms with Crippen LogP contribution in [0.3, 0.4) is 0 Å². The van der Waals surface area contributed by atoms with Gasteiger partial charge >= 0.3 is 0 Å². The number of aromatic nitrogens is 3. The van der Waals surface area contributed by atoms with E-state index in [9.17, 15) is 0 Å². The SMILES string of the molecule is CSCCC(N)c1nc(-c2cnccc2C)no1. The number of nitrogens with zero attached hydrogens (tertiary/aromatic N) is 3. The summed E-state index contributed by atoms with van der Waals surface area (Å²) in [6.07, 6.45) is 6.35. The van der Waals surface area contributed by atoms with E-state index in [1.807, 2.05) is 19.2 Å². The molecule has 1 atom stereocenters. The van der Waals surface area contributed by atoms with Crippen molar-refractivity contribution in [3.05, 3.63) is 29.9 Å². The second-order valence-corrected chi connectivity index (χ2v) is 5.02. The molecule has 96 valence electrons. The lowest BCUT2D eigenvalue weighted by atomic mass is 10.1. The molecule has 0 spiro atoms. The largest absolute Gasteiger partial charge is 0.337 e. The van der Waals surface area contributed by atoms with Gasteiger partial charge in [-0.1, -0.05) is 5.16 Å². The average molecular weight is 264 g/mol. The molecule has 1 unspecified atom stereocenters. The van der Waals surface area contributed by atoms with Gasteiger partial charge in [0.2, 0.25) is 11.7 Å². The predicted octanol–water partition coefficient (Wildman–Crippen LogP) is 2.19. The van der Waals surface area contributed by atoms with Crippen LogP contribution in [0.5, 0.6) is 0 Å². The molecule has 0 aromatic carbocycles. The molecule has 0 radical (unpaired) electrons. The van der Waals surface area contributed by atoms with E-state index in [0.717, 1.165) is 23.3 Å². The number of thioether (sulfide) groups is 1. The first-order chi connectivity index (χ1) is 8.72. The minimum Gasteiger partial charge on any atom is -0.337 e. The van der Waals surface area contributed by atoms with Gasteiger partial charge in [-0.3, -0.25) is 4.98 Å². The molecule has 0 saturated carbocycles. The first kappa shape index (κ1) is 13.0. The Morgan fingerprint density at radius 1 is 1.50 bits per heavy atom. The van der Waals surface area contributed by atoms with Gasteiger partial charge < -0.3 is 10.3 Å². The molecule has 2 aromatic heterocycles. The lowest BCUT2D eigenvalue weighted by Crippen LogP contribution is -2.11. The summed E-state index contributed by atoms with van der Waals surface area (Å²) >= 11 is 1.75. The molecule has 2 rings (SSSR count). The summed E-state index contributed by atoms with van der Waals surface area (Å²) in [5.74, 6) is 2.02. The second-order valence-electron chi connectivity index (χ2n) is 4.03. The molecule has 0 aliphatic heterocycles. The number of hydrogen-bond donors (Lipinski definition) is 1. The molecule has 0 aliphatic rings. The van der Waals surface area contributed by atoms with Crippen LogP contribution in [0.2, 0.25) is 0 Å². The quantitative estimate of drug-likeness (QED) is 0.892. The number of hydrogen-bond acceptors (Lipinski definition) is 6. The maximum absolute atomic E-state index is 5.99. The molecule has 2 heterocycles. The summed E-state index contributed by atoms with van der Waals surface area (Å²) in [6.45, 7) is 1.99. The highest BCUT2D eigenvalue weighted by atomic mass is 32.2. The minimum atomic E-state index is -0.198. The predicted molar refractivity (Wildman–Crippen MR) is 72.2 cm³/mol. The van der Waals surface area contributed by atoms with E-state index in [1.165, 1.54) is 0 Å². The van der Waals surface area contributed by atoms with Crippen LogP contribution in [0.15, 0.2) is 23.0 Å². The topological polar surface area (TPSA) is 77.8 Å². The van der Waals surface area contributed by atoms with Crippen molar-refractivity contribution in [2.24, 2.45) is 5.73 Å². The van der Waals surface area contributed by atoms with Gasteiger partial charge in [0.05, 0.1) is 6.04 Å². The van der Waals surface area contributed by atoms with E-state index in [4.69, 9.17) is 10.3 Å². The lowest BCUT2D eigenvalue weighted by molar-refractivity contribution is 0.353. The third-order valence-electron chi connectivity index (χ3n) is 2.67. The van der Waals surface area contributed by atoms with Gasteiger partial charge in [-0.05, 0) is 37.0 Å². The summed E-state index contributed by atoms with van der Waals surface area (Å²) in [7, 11) is 0. The minimum absolute atomic E-state index is 0.198. The maximum atomic E-state index is 5.99. The fourth-order valence-electron chi connectivity index (χ4n) is 1.56. The first-order valence-electron chi connectivity index (χ1n) is 5.71. The van der Waals surface area contributed by atoms with E-state index < -0.39 is 0 Å². The molecule has 18 heavy (non-hydrogen) atoms. The van der Waals surface area contributed by atoms with E-state index >= 15 is 0 Å². The maximum Gasteiger partial charge on any atom is 0.243 e. The van der Waals surface area contributed by atoms with Crippen molar-refractivity contribution in [2.45, 2.75) is 19.4 Å². The zero-order valence-electron chi connectivity index (χ0n) is 10.5. The van der Waals surface area contributed by atoms with Crippen molar-refractivity contribution < 1.29 is 4.52 Å². The van der Waals surface area contributed by atoms with E-state index in [1.54, 1.807) is 24.2 Å². The number of nitrogens with two attached hydrogens (primary N) is 1. The molecule has 5 nitrogen and oxygen atoms in total. The van der Waals surface area contributed by atoms with Crippen molar-refractivity contribution in [1.82, 2.24) is 15.1 Å². The van der Waals surface area contributed by atoms with Crippen LogP contribution in [-0.4, -0.2) is 27.1 Å². The molecule has 2 aromatic rings. The molecule has 6 heteroatoms. The van der Waals surface area contributed by atoms with Crippen molar-refractivity contribution in [2.75, 3.05) is 12.0 Å². The fraction of sp³-hybridized carbons (Fsp3) is 0.417. The molecular weight excluding hydrogens is 248 g/mol. The van der Waals surface area contributed by atoms with Crippen molar-refractivity contribution >= 4 is 11.8 Å². The zero-order valence-corrected chi connectivity index (χ0v) is 11.3.